The van der Waals surface area contributed by atoms with Crippen LogP contribution in [0.15, 0.2) is 11.3 Å². The number of allylic oxidation sites excluding steroid dienone is 2. The van der Waals surface area contributed by atoms with E-state index in [2.05, 4.69) is 4.18 Å². The summed E-state index contributed by atoms with van der Waals surface area (Å²) in [6, 6.07) is 0. The predicted molar refractivity (Wildman–Crippen MR) is 56.6 cm³/mol. The van der Waals surface area contributed by atoms with Gasteiger partial charge in [0.05, 0.1) is 0 Å². The van der Waals surface area contributed by atoms with E-state index in [0.29, 0.717) is 12.3 Å². The molecule has 3 nitrogen and oxygen atoms in total. The van der Waals surface area contributed by atoms with Gasteiger partial charge in [-0.1, -0.05) is 12.8 Å². The lowest BCUT2D eigenvalue weighted by atomic mass is 9.78. The maximum Gasteiger partial charge on any atom is 0.534 e. The van der Waals surface area contributed by atoms with Gasteiger partial charge in [0.25, 0.3) is 0 Å². The second kappa shape index (κ2) is 3.65. The first-order valence-electron chi connectivity index (χ1n) is 6.05. The molecule has 18 heavy (non-hydrogen) atoms. The highest BCUT2D eigenvalue weighted by Crippen LogP contribution is 2.62. The third kappa shape index (κ3) is 1.74. The van der Waals surface area contributed by atoms with Crippen molar-refractivity contribution in [1.29, 1.82) is 0 Å². The molecule has 2 saturated carbocycles. The lowest BCUT2D eigenvalue weighted by molar-refractivity contribution is -0.0529. The van der Waals surface area contributed by atoms with Crippen LogP contribution in [0.4, 0.5) is 13.2 Å². The zero-order valence-corrected chi connectivity index (χ0v) is 10.4. The van der Waals surface area contributed by atoms with Gasteiger partial charge >= 0.3 is 15.6 Å². The Morgan fingerprint density at radius 2 is 1.78 bits per heavy atom. The van der Waals surface area contributed by atoms with Crippen LogP contribution in [0.2, 0.25) is 0 Å². The molecule has 0 spiro atoms. The Morgan fingerprint density at radius 3 is 2.44 bits per heavy atom. The van der Waals surface area contributed by atoms with Crippen LogP contribution < -0.4 is 0 Å². The molecule has 0 bridgehead atoms. The third-order valence-electron chi connectivity index (χ3n) is 4.20. The summed E-state index contributed by atoms with van der Waals surface area (Å²) in [5.74, 6) is 0.604. The van der Waals surface area contributed by atoms with Crippen LogP contribution in [0.1, 0.15) is 32.1 Å². The van der Waals surface area contributed by atoms with Crippen LogP contribution in [-0.4, -0.2) is 13.9 Å². The molecule has 2 unspecified atom stereocenters. The predicted octanol–water partition coefficient (Wildman–Crippen LogP) is 2.95. The summed E-state index contributed by atoms with van der Waals surface area (Å²) in [6.45, 7) is 0. The summed E-state index contributed by atoms with van der Waals surface area (Å²) in [6.07, 6.45) is 4.43. The normalized spacial score (nSPS) is 35.2. The van der Waals surface area contributed by atoms with Gasteiger partial charge in [0, 0.05) is 5.92 Å². The molecular formula is C11H13F3O3S. The average Bonchev–Trinajstić information content (AvgIpc) is 2.99. The van der Waals surface area contributed by atoms with E-state index in [4.69, 9.17) is 0 Å². The molecule has 0 radical (unpaired) electrons. The SMILES string of the molecule is O=S(=O)(OC1=C2CC2C2CCCC[C@@H]12)C(F)(F)F. The van der Waals surface area contributed by atoms with Crippen LogP contribution >= 0.6 is 0 Å². The summed E-state index contributed by atoms with van der Waals surface area (Å²) >= 11 is 0. The molecule has 102 valence electrons. The highest BCUT2D eigenvalue weighted by Gasteiger charge is 2.57. The number of alkyl halides is 3. The van der Waals surface area contributed by atoms with Gasteiger partial charge in [-0.15, -0.1) is 0 Å². The molecule has 0 aromatic carbocycles. The molecule has 3 aliphatic rings. The van der Waals surface area contributed by atoms with Crippen LogP contribution in [0.3, 0.4) is 0 Å². The maximum atomic E-state index is 12.3. The Labute approximate surface area is 103 Å². The lowest BCUT2D eigenvalue weighted by Crippen LogP contribution is -2.28. The zero-order chi connectivity index (χ0) is 13.1. The van der Waals surface area contributed by atoms with Crippen molar-refractivity contribution in [3.63, 3.8) is 0 Å². The fourth-order valence-electron chi connectivity index (χ4n) is 3.36. The van der Waals surface area contributed by atoms with Crippen molar-refractivity contribution in [2.45, 2.75) is 37.6 Å². The third-order valence-corrected chi connectivity index (χ3v) is 5.17. The molecule has 0 amide bonds. The lowest BCUT2D eigenvalue weighted by Gasteiger charge is -2.29. The molecule has 2 fully saturated rings. The van der Waals surface area contributed by atoms with Gasteiger partial charge < -0.3 is 4.18 Å². The van der Waals surface area contributed by atoms with Crippen molar-refractivity contribution in [2.75, 3.05) is 0 Å². The summed E-state index contributed by atoms with van der Waals surface area (Å²) < 4.78 is 63.5. The number of rotatable bonds is 2. The highest BCUT2D eigenvalue weighted by atomic mass is 32.2. The first-order valence-corrected chi connectivity index (χ1v) is 7.46. The van der Waals surface area contributed by atoms with Gasteiger partial charge in [-0.25, -0.2) is 0 Å². The molecule has 3 rings (SSSR count). The maximum absolute atomic E-state index is 12.3. The first kappa shape index (κ1) is 12.3. The van der Waals surface area contributed by atoms with E-state index >= 15 is 0 Å². The van der Waals surface area contributed by atoms with Crippen molar-refractivity contribution in [1.82, 2.24) is 0 Å². The Bertz CT molecular complexity index is 506. The largest absolute Gasteiger partial charge is 0.534 e. The van der Waals surface area contributed by atoms with Crippen LogP contribution in [-0.2, 0) is 14.3 Å². The van der Waals surface area contributed by atoms with E-state index in [-0.39, 0.29) is 17.6 Å². The molecule has 0 aliphatic heterocycles. The van der Waals surface area contributed by atoms with Crippen molar-refractivity contribution in [3.8, 4) is 0 Å². The van der Waals surface area contributed by atoms with Gasteiger partial charge in [0.1, 0.15) is 5.76 Å². The van der Waals surface area contributed by atoms with Crippen molar-refractivity contribution < 1.29 is 25.8 Å². The Kier molecular flexibility index (Phi) is 2.50. The molecule has 0 N–H and O–H groups in total. The molecule has 3 atom stereocenters. The van der Waals surface area contributed by atoms with Crippen LogP contribution in [0, 0.1) is 17.8 Å². The van der Waals surface area contributed by atoms with E-state index in [9.17, 15) is 21.6 Å². The minimum absolute atomic E-state index is 0.107. The number of hydrogen-bond donors (Lipinski definition) is 0. The van der Waals surface area contributed by atoms with Crippen molar-refractivity contribution in [2.24, 2.45) is 17.8 Å². The summed E-state index contributed by atoms with van der Waals surface area (Å²) in [7, 11) is -5.50. The smallest absolute Gasteiger partial charge is 0.380 e. The summed E-state index contributed by atoms with van der Waals surface area (Å²) in [5, 5.41) is 0. The van der Waals surface area contributed by atoms with Gasteiger partial charge in [-0.3, -0.25) is 0 Å². The van der Waals surface area contributed by atoms with Gasteiger partial charge in [-0.05, 0) is 36.7 Å². The average molecular weight is 282 g/mol. The minimum atomic E-state index is -5.50. The minimum Gasteiger partial charge on any atom is -0.380 e. The number of fused-ring (bicyclic) bond motifs is 3. The van der Waals surface area contributed by atoms with E-state index in [1.54, 1.807) is 0 Å². The fraction of sp³-hybridized carbons (Fsp3) is 0.818. The number of hydrogen-bond acceptors (Lipinski definition) is 3. The first-order chi connectivity index (χ1) is 8.31. The topological polar surface area (TPSA) is 43.4 Å². The van der Waals surface area contributed by atoms with Crippen LogP contribution in [0.5, 0.6) is 0 Å². The molecule has 3 aliphatic carbocycles. The summed E-state index contributed by atoms with van der Waals surface area (Å²) in [4.78, 5) is 0. The van der Waals surface area contributed by atoms with E-state index in [1.807, 2.05) is 0 Å². The quantitative estimate of drug-likeness (QED) is 0.577. The zero-order valence-electron chi connectivity index (χ0n) is 9.53. The van der Waals surface area contributed by atoms with Crippen molar-refractivity contribution in [3.05, 3.63) is 11.3 Å². The van der Waals surface area contributed by atoms with E-state index in [0.717, 1.165) is 31.3 Å². The van der Waals surface area contributed by atoms with Gasteiger partial charge in [0.15, 0.2) is 0 Å². The summed E-state index contributed by atoms with van der Waals surface area (Å²) in [5.41, 5.74) is -4.53. The van der Waals surface area contributed by atoms with Gasteiger partial charge in [-0.2, -0.15) is 21.6 Å². The van der Waals surface area contributed by atoms with Gasteiger partial charge in [0.2, 0.25) is 0 Å². The second-order valence-corrected chi connectivity index (χ2v) is 6.78. The Hall–Kier alpha value is -0.720. The molecule has 0 saturated heterocycles. The standard InChI is InChI=1S/C11H13F3O3S/c12-11(13,14)18(15,16)17-10-7-4-2-1-3-6(7)8-5-9(8)10/h6-8H,1-5H2/t6?,7-,8?/m1/s1. The fourth-order valence-corrected chi connectivity index (χ4v) is 3.92. The molecular weight excluding hydrogens is 269 g/mol. The molecule has 0 heterocycles. The van der Waals surface area contributed by atoms with E-state index < -0.39 is 15.6 Å². The van der Waals surface area contributed by atoms with Crippen LogP contribution in [0.25, 0.3) is 0 Å². The van der Waals surface area contributed by atoms with Crippen molar-refractivity contribution >= 4 is 10.1 Å². The van der Waals surface area contributed by atoms with E-state index in [1.165, 1.54) is 0 Å². The second-order valence-electron chi connectivity index (χ2n) is 5.24. The Balaban J connectivity index is 1.84. The Morgan fingerprint density at radius 1 is 1.11 bits per heavy atom. The number of halogens is 3. The monoisotopic (exact) mass is 282 g/mol. The highest BCUT2D eigenvalue weighted by molar-refractivity contribution is 7.87. The molecule has 7 heteroatoms. The molecule has 0 aromatic heterocycles. The molecule has 0 aromatic rings.